The number of alkyl halides is 1. The van der Waals surface area contributed by atoms with Gasteiger partial charge in [-0.25, -0.2) is 4.39 Å². The maximum absolute atomic E-state index is 11.8. The molecular weight excluding hydrogens is 299 g/mol. The first-order valence-corrected chi connectivity index (χ1v) is 7.59. The molecule has 2 heterocycles. The number of halogens is 1. The minimum atomic E-state index is -0.466. The topological polar surface area (TPSA) is 56.4 Å². The van der Waals surface area contributed by atoms with Crippen LogP contribution in [-0.2, 0) is 9.47 Å². The predicted molar refractivity (Wildman–Crippen MR) is 86.7 cm³/mol. The number of rotatable bonds is 9. The number of fused-ring (bicyclic) bond motifs is 3. The highest BCUT2D eigenvalue weighted by Gasteiger charge is 2.06. The van der Waals surface area contributed by atoms with Gasteiger partial charge in [0.2, 0.25) is 0 Å². The second-order valence-corrected chi connectivity index (χ2v) is 5.00. The van der Waals surface area contributed by atoms with Crippen LogP contribution in [0.3, 0.4) is 0 Å². The van der Waals surface area contributed by atoms with Crippen molar-refractivity contribution >= 4 is 21.9 Å². The molecule has 2 aromatic heterocycles. The molecule has 3 aromatic rings. The van der Waals surface area contributed by atoms with Gasteiger partial charge in [0.05, 0.1) is 43.7 Å². The molecule has 0 aliphatic carbocycles. The first-order chi connectivity index (χ1) is 11.4. The molecule has 0 bridgehead atoms. The van der Waals surface area contributed by atoms with Gasteiger partial charge in [0, 0.05) is 17.0 Å². The second kappa shape index (κ2) is 7.89. The van der Waals surface area contributed by atoms with E-state index in [9.17, 15) is 4.39 Å². The molecule has 0 aliphatic rings. The molecular formula is C17H19FN2O3. The van der Waals surface area contributed by atoms with Crippen LogP contribution >= 0.6 is 0 Å². The molecule has 0 saturated carbocycles. The maximum Gasteiger partial charge on any atom is 0.139 e. The van der Waals surface area contributed by atoms with Crippen molar-refractivity contribution in [3.8, 4) is 5.75 Å². The zero-order valence-electron chi connectivity index (χ0n) is 12.8. The quantitative estimate of drug-likeness (QED) is 0.616. The van der Waals surface area contributed by atoms with E-state index in [0.29, 0.717) is 32.2 Å². The van der Waals surface area contributed by atoms with E-state index in [0.717, 1.165) is 21.9 Å². The first-order valence-electron chi connectivity index (χ1n) is 7.59. The van der Waals surface area contributed by atoms with Crippen LogP contribution < -0.4 is 4.74 Å². The normalized spacial score (nSPS) is 11.3. The minimum absolute atomic E-state index is 0.121. The molecule has 0 aliphatic heterocycles. The molecule has 0 fully saturated rings. The highest BCUT2D eigenvalue weighted by atomic mass is 19.1. The Bertz CT molecular complexity index is 760. The van der Waals surface area contributed by atoms with Gasteiger partial charge in [0.1, 0.15) is 19.0 Å². The fourth-order valence-electron chi connectivity index (χ4n) is 2.37. The van der Waals surface area contributed by atoms with Crippen molar-refractivity contribution in [2.45, 2.75) is 0 Å². The van der Waals surface area contributed by atoms with E-state index in [1.165, 1.54) is 0 Å². The van der Waals surface area contributed by atoms with Crippen LogP contribution in [0, 0.1) is 0 Å². The molecule has 0 radical (unpaired) electrons. The summed E-state index contributed by atoms with van der Waals surface area (Å²) in [5.74, 6) is 0.696. The zero-order chi connectivity index (χ0) is 15.9. The van der Waals surface area contributed by atoms with Crippen LogP contribution in [0.15, 0.2) is 36.5 Å². The van der Waals surface area contributed by atoms with Gasteiger partial charge in [-0.2, -0.15) is 0 Å². The van der Waals surface area contributed by atoms with Crippen molar-refractivity contribution in [2.24, 2.45) is 0 Å². The summed E-state index contributed by atoms with van der Waals surface area (Å²) in [5, 5.41) is 1.10. The minimum Gasteiger partial charge on any atom is -0.489 e. The fraction of sp³-hybridized carbons (Fsp3) is 0.353. The molecule has 0 saturated heterocycles. The second-order valence-electron chi connectivity index (χ2n) is 5.00. The van der Waals surface area contributed by atoms with Gasteiger partial charge in [-0.05, 0) is 6.07 Å². The van der Waals surface area contributed by atoms with E-state index in [-0.39, 0.29) is 6.61 Å². The van der Waals surface area contributed by atoms with Crippen LogP contribution in [0.5, 0.6) is 5.75 Å². The summed E-state index contributed by atoms with van der Waals surface area (Å²) in [7, 11) is 0. The van der Waals surface area contributed by atoms with E-state index < -0.39 is 6.67 Å². The van der Waals surface area contributed by atoms with Gasteiger partial charge in [0.15, 0.2) is 0 Å². The largest absolute Gasteiger partial charge is 0.489 e. The van der Waals surface area contributed by atoms with Gasteiger partial charge in [0.25, 0.3) is 0 Å². The Hall–Kier alpha value is -2.18. The van der Waals surface area contributed by atoms with Gasteiger partial charge < -0.3 is 19.2 Å². The lowest BCUT2D eigenvalue weighted by Crippen LogP contribution is -2.11. The van der Waals surface area contributed by atoms with E-state index in [1.807, 2.05) is 30.3 Å². The lowest BCUT2D eigenvalue weighted by Gasteiger charge is -2.07. The summed E-state index contributed by atoms with van der Waals surface area (Å²) in [4.78, 5) is 7.79. The molecule has 5 nitrogen and oxygen atoms in total. The van der Waals surface area contributed by atoms with Crippen LogP contribution in [-0.4, -0.2) is 49.7 Å². The number of nitrogens with zero attached hydrogens (tertiary/aromatic N) is 1. The Morgan fingerprint density at radius 3 is 2.61 bits per heavy atom. The highest BCUT2D eigenvalue weighted by Crippen LogP contribution is 2.25. The summed E-state index contributed by atoms with van der Waals surface area (Å²) in [6.45, 7) is 1.36. The van der Waals surface area contributed by atoms with Gasteiger partial charge >= 0.3 is 0 Å². The molecule has 0 unspecified atom stereocenters. The summed E-state index contributed by atoms with van der Waals surface area (Å²) in [6, 6.07) is 9.99. The molecule has 3 rings (SSSR count). The molecule has 0 amide bonds. The highest BCUT2D eigenvalue weighted by molar-refractivity contribution is 6.04. The Balaban J connectivity index is 1.50. The number of pyridine rings is 1. The third-order valence-electron chi connectivity index (χ3n) is 3.40. The van der Waals surface area contributed by atoms with Crippen LogP contribution in [0.2, 0.25) is 0 Å². The summed E-state index contributed by atoms with van der Waals surface area (Å²) >= 11 is 0. The van der Waals surface area contributed by atoms with E-state index in [1.54, 1.807) is 6.20 Å². The monoisotopic (exact) mass is 318 g/mol. The standard InChI is InChI=1S/C17H19FN2O3/c18-5-6-21-7-8-22-9-10-23-13-11-16-17(19-12-13)14-3-1-2-4-15(14)20-16/h1-4,11-12,20H,5-10H2. The Morgan fingerprint density at radius 1 is 0.957 bits per heavy atom. The van der Waals surface area contributed by atoms with Gasteiger partial charge in [-0.1, -0.05) is 18.2 Å². The summed E-state index contributed by atoms with van der Waals surface area (Å²) in [6.07, 6.45) is 1.72. The number of nitrogens with one attached hydrogen (secondary N) is 1. The fourth-order valence-corrected chi connectivity index (χ4v) is 2.37. The number of aromatic amines is 1. The van der Waals surface area contributed by atoms with Crippen molar-refractivity contribution in [1.29, 1.82) is 0 Å². The number of para-hydroxylation sites is 1. The predicted octanol–water partition coefficient (Wildman–Crippen LogP) is 3.10. The van der Waals surface area contributed by atoms with Crippen molar-refractivity contribution in [3.05, 3.63) is 36.5 Å². The number of benzene rings is 1. The number of ether oxygens (including phenoxy) is 3. The molecule has 1 aromatic carbocycles. The Kier molecular flexibility index (Phi) is 5.39. The van der Waals surface area contributed by atoms with Crippen molar-refractivity contribution in [2.75, 3.05) is 39.7 Å². The average molecular weight is 318 g/mol. The SMILES string of the molecule is FCCOCCOCCOc1cnc2c(c1)[nH]c1ccccc12. The number of H-pyrrole nitrogens is 1. The van der Waals surface area contributed by atoms with Crippen LogP contribution in [0.1, 0.15) is 0 Å². The third-order valence-corrected chi connectivity index (χ3v) is 3.40. The van der Waals surface area contributed by atoms with E-state index >= 15 is 0 Å². The van der Waals surface area contributed by atoms with Gasteiger partial charge in [-0.3, -0.25) is 4.98 Å². The third kappa shape index (κ3) is 3.97. The molecule has 1 N–H and O–H groups in total. The number of hydrogen-bond acceptors (Lipinski definition) is 4. The Labute approximate surface area is 133 Å². The molecule has 0 spiro atoms. The van der Waals surface area contributed by atoms with Crippen molar-refractivity contribution in [1.82, 2.24) is 9.97 Å². The zero-order valence-corrected chi connectivity index (χ0v) is 12.8. The summed E-state index contributed by atoms with van der Waals surface area (Å²) < 4.78 is 27.7. The van der Waals surface area contributed by atoms with E-state index in [2.05, 4.69) is 9.97 Å². The number of hydrogen-bond donors (Lipinski definition) is 1. The van der Waals surface area contributed by atoms with Crippen molar-refractivity contribution < 1.29 is 18.6 Å². The molecule has 122 valence electrons. The molecule has 6 heteroatoms. The first kappa shape index (κ1) is 15.7. The number of aromatic nitrogens is 2. The van der Waals surface area contributed by atoms with E-state index in [4.69, 9.17) is 14.2 Å². The van der Waals surface area contributed by atoms with Crippen LogP contribution in [0.4, 0.5) is 4.39 Å². The Morgan fingerprint density at radius 2 is 1.74 bits per heavy atom. The maximum atomic E-state index is 11.8. The van der Waals surface area contributed by atoms with Crippen LogP contribution in [0.25, 0.3) is 21.9 Å². The summed E-state index contributed by atoms with van der Waals surface area (Å²) in [5.41, 5.74) is 2.95. The van der Waals surface area contributed by atoms with Gasteiger partial charge in [-0.15, -0.1) is 0 Å². The van der Waals surface area contributed by atoms with Crippen molar-refractivity contribution in [3.63, 3.8) is 0 Å². The molecule has 0 atom stereocenters. The lowest BCUT2D eigenvalue weighted by atomic mass is 10.2. The smallest absolute Gasteiger partial charge is 0.139 e. The molecule has 23 heavy (non-hydrogen) atoms. The lowest BCUT2D eigenvalue weighted by molar-refractivity contribution is 0.0325. The average Bonchev–Trinajstić information content (AvgIpc) is 2.95.